The van der Waals surface area contributed by atoms with Gasteiger partial charge in [-0.25, -0.2) is 18.7 Å². The highest BCUT2D eigenvalue weighted by Gasteiger charge is 2.11. The van der Waals surface area contributed by atoms with Crippen LogP contribution in [0, 0.1) is 6.92 Å². The minimum atomic E-state index is -2.60. The lowest BCUT2D eigenvalue weighted by molar-refractivity contribution is 0.145. The van der Waals surface area contributed by atoms with Crippen LogP contribution in [0.25, 0.3) is 0 Å². The van der Waals surface area contributed by atoms with Gasteiger partial charge < -0.3 is 5.32 Å². The van der Waals surface area contributed by atoms with Crippen LogP contribution in [0.5, 0.6) is 0 Å². The van der Waals surface area contributed by atoms with Crippen LogP contribution in [0.3, 0.4) is 0 Å². The molecule has 1 aromatic heterocycles. The Morgan fingerprint density at radius 2 is 2.00 bits per heavy atom. The maximum Gasteiger partial charge on any atom is 0.280 e. The molecule has 19 heavy (non-hydrogen) atoms. The highest BCUT2D eigenvalue weighted by molar-refractivity contribution is 7.98. The highest BCUT2D eigenvalue weighted by atomic mass is 32.2. The van der Waals surface area contributed by atoms with Crippen molar-refractivity contribution < 1.29 is 8.78 Å². The van der Waals surface area contributed by atoms with Gasteiger partial charge in [0.25, 0.3) is 6.43 Å². The Morgan fingerprint density at radius 3 is 2.68 bits per heavy atom. The zero-order valence-corrected chi connectivity index (χ0v) is 11.3. The van der Waals surface area contributed by atoms with Crippen molar-refractivity contribution in [2.75, 3.05) is 11.6 Å². The number of nitrogens with one attached hydrogen (secondary N) is 1. The molecule has 0 amide bonds. The number of thioether (sulfide) groups is 1. The van der Waals surface area contributed by atoms with Crippen molar-refractivity contribution in [2.24, 2.45) is 0 Å². The monoisotopic (exact) mass is 281 g/mol. The topological polar surface area (TPSA) is 37.8 Å². The fraction of sp³-hybridized carbons (Fsp3) is 0.231. The predicted molar refractivity (Wildman–Crippen MR) is 73.2 cm³/mol. The molecule has 0 aliphatic rings. The molecule has 0 unspecified atom stereocenters. The molecule has 0 saturated heterocycles. The lowest BCUT2D eigenvalue weighted by Crippen LogP contribution is -2.01. The van der Waals surface area contributed by atoms with E-state index in [4.69, 9.17) is 0 Å². The summed E-state index contributed by atoms with van der Waals surface area (Å²) in [7, 11) is 0. The van der Waals surface area contributed by atoms with Gasteiger partial charge in [0.2, 0.25) is 0 Å². The third-order valence-electron chi connectivity index (χ3n) is 2.42. The van der Waals surface area contributed by atoms with E-state index < -0.39 is 6.43 Å². The third kappa shape index (κ3) is 3.64. The summed E-state index contributed by atoms with van der Waals surface area (Å²) >= 11 is 1.61. The van der Waals surface area contributed by atoms with Gasteiger partial charge in [0.15, 0.2) is 0 Å². The minimum Gasteiger partial charge on any atom is -0.340 e. The smallest absolute Gasteiger partial charge is 0.280 e. The zero-order valence-electron chi connectivity index (χ0n) is 10.5. The first-order valence-corrected chi connectivity index (χ1v) is 6.86. The summed E-state index contributed by atoms with van der Waals surface area (Å²) in [5.41, 5.74) is 0.543. The Hall–Kier alpha value is -1.69. The van der Waals surface area contributed by atoms with Crippen molar-refractivity contribution >= 4 is 23.3 Å². The van der Waals surface area contributed by atoms with E-state index >= 15 is 0 Å². The number of aromatic nitrogens is 2. The average molecular weight is 281 g/mol. The first kappa shape index (κ1) is 13.7. The van der Waals surface area contributed by atoms with Crippen molar-refractivity contribution in [1.82, 2.24) is 9.97 Å². The van der Waals surface area contributed by atoms with Gasteiger partial charge in [-0.05, 0) is 31.4 Å². The zero-order chi connectivity index (χ0) is 13.8. The van der Waals surface area contributed by atoms with Crippen molar-refractivity contribution in [2.45, 2.75) is 18.2 Å². The summed E-state index contributed by atoms with van der Waals surface area (Å²) in [6.07, 6.45) is -0.622. The van der Waals surface area contributed by atoms with E-state index in [0.29, 0.717) is 11.6 Å². The van der Waals surface area contributed by atoms with E-state index in [9.17, 15) is 8.78 Å². The summed E-state index contributed by atoms with van der Waals surface area (Å²) in [4.78, 5) is 8.90. The summed E-state index contributed by atoms with van der Waals surface area (Å²) < 4.78 is 25.3. The van der Waals surface area contributed by atoms with Crippen molar-refractivity contribution in [3.05, 3.63) is 41.9 Å². The summed E-state index contributed by atoms with van der Waals surface area (Å²) in [6, 6.07) is 8.94. The minimum absolute atomic E-state index is 0.268. The number of rotatable bonds is 4. The Bertz CT molecular complexity index is 576. The van der Waals surface area contributed by atoms with Crippen LogP contribution in [0.15, 0.2) is 35.2 Å². The van der Waals surface area contributed by atoms with E-state index in [0.717, 1.165) is 10.6 Å². The van der Waals surface area contributed by atoms with Crippen molar-refractivity contribution in [3.8, 4) is 0 Å². The summed E-state index contributed by atoms with van der Waals surface area (Å²) in [5.74, 6) is 0.697. The normalized spacial score (nSPS) is 10.8. The molecular weight excluding hydrogens is 268 g/mol. The average Bonchev–Trinajstić information content (AvgIpc) is 2.38. The first-order chi connectivity index (χ1) is 9.08. The van der Waals surface area contributed by atoms with Crippen molar-refractivity contribution in [1.29, 1.82) is 0 Å². The van der Waals surface area contributed by atoms with E-state index in [2.05, 4.69) is 15.3 Å². The molecule has 0 radical (unpaired) electrons. The van der Waals surface area contributed by atoms with Crippen molar-refractivity contribution in [3.63, 3.8) is 0 Å². The van der Waals surface area contributed by atoms with Gasteiger partial charge in [0, 0.05) is 16.6 Å². The molecule has 0 aliphatic carbocycles. The molecule has 1 aromatic carbocycles. The summed E-state index contributed by atoms with van der Waals surface area (Å²) in [6.45, 7) is 1.59. The number of alkyl halides is 2. The molecule has 1 N–H and O–H groups in total. The third-order valence-corrected chi connectivity index (χ3v) is 3.15. The maximum absolute atomic E-state index is 12.7. The van der Waals surface area contributed by atoms with Gasteiger partial charge in [0.1, 0.15) is 17.3 Å². The van der Waals surface area contributed by atoms with Gasteiger partial charge >= 0.3 is 0 Å². The molecule has 1 heterocycles. The van der Waals surface area contributed by atoms with Crippen LogP contribution in [0.2, 0.25) is 0 Å². The highest BCUT2D eigenvalue weighted by Crippen LogP contribution is 2.24. The molecule has 0 saturated carbocycles. The molecule has 2 rings (SSSR count). The SMILES string of the molecule is CSc1cccc(Nc2cc(C(F)F)nc(C)n2)c1. The summed E-state index contributed by atoms with van der Waals surface area (Å²) in [5, 5.41) is 3.02. The lowest BCUT2D eigenvalue weighted by Gasteiger charge is -2.09. The number of anilines is 2. The van der Waals surface area contributed by atoms with Gasteiger partial charge in [-0.15, -0.1) is 11.8 Å². The second kappa shape index (κ2) is 5.97. The Kier molecular flexibility index (Phi) is 4.31. The standard InChI is InChI=1S/C13H13F2N3S/c1-8-16-11(13(14)15)7-12(17-8)18-9-4-3-5-10(6-9)19-2/h3-7,13H,1-2H3,(H,16,17,18). The van der Waals surface area contributed by atoms with Crippen LogP contribution in [0.1, 0.15) is 17.9 Å². The molecular formula is C13H13F2N3S. The van der Waals surface area contributed by atoms with Crippen LogP contribution >= 0.6 is 11.8 Å². The first-order valence-electron chi connectivity index (χ1n) is 5.63. The molecule has 0 aliphatic heterocycles. The quantitative estimate of drug-likeness (QED) is 0.853. The fourth-order valence-electron chi connectivity index (χ4n) is 1.62. The van der Waals surface area contributed by atoms with E-state index in [1.165, 1.54) is 6.07 Å². The molecule has 0 fully saturated rings. The number of benzene rings is 1. The van der Waals surface area contributed by atoms with Gasteiger partial charge in [-0.1, -0.05) is 6.07 Å². The molecule has 0 spiro atoms. The van der Waals surface area contributed by atoms with Gasteiger partial charge in [0.05, 0.1) is 0 Å². The largest absolute Gasteiger partial charge is 0.340 e. The predicted octanol–water partition coefficient (Wildman–Crippen LogP) is 4.19. The number of halogens is 2. The Labute approximate surface area is 114 Å². The number of aryl methyl sites for hydroxylation is 1. The molecule has 0 bridgehead atoms. The molecule has 3 nitrogen and oxygen atoms in total. The van der Waals surface area contributed by atoms with E-state index in [1.54, 1.807) is 18.7 Å². The van der Waals surface area contributed by atoms with Crippen LogP contribution in [0.4, 0.5) is 20.3 Å². The van der Waals surface area contributed by atoms with Gasteiger partial charge in [-0.3, -0.25) is 0 Å². The van der Waals surface area contributed by atoms with Crippen LogP contribution in [-0.2, 0) is 0 Å². The van der Waals surface area contributed by atoms with E-state index in [1.807, 2.05) is 30.5 Å². The fourth-order valence-corrected chi connectivity index (χ4v) is 2.07. The number of hydrogen-bond acceptors (Lipinski definition) is 4. The van der Waals surface area contributed by atoms with E-state index in [-0.39, 0.29) is 5.69 Å². The lowest BCUT2D eigenvalue weighted by atomic mass is 10.3. The number of nitrogens with zero attached hydrogens (tertiary/aromatic N) is 2. The molecule has 6 heteroatoms. The number of hydrogen-bond donors (Lipinski definition) is 1. The Morgan fingerprint density at radius 1 is 1.21 bits per heavy atom. The van der Waals surface area contributed by atoms with Crippen LogP contribution < -0.4 is 5.32 Å². The Balaban J connectivity index is 2.27. The second-order valence-corrected chi connectivity index (χ2v) is 4.76. The maximum atomic E-state index is 12.7. The molecule has 100 valence electrons. The van der Waals surface area contributed by atoms with Gasteiger partial charge in [-0.2, -0.15) is 0 Å². The molecule has 2 aromatic rings. The second-order valence-electron chi connectivity index (χ2n) is 3.88. The van der Waals surface area contributed by atoms with Crippen LogP contribution in [-0.4, -0.2) is 16.2 Å². The molecule has 0 atom stereocenters.